The van der Waals surface area contributed by atoms with E-state index >= 15 is 0 Å². The van der Waals surface area contributed by atoms with Crippen LogP contribution in [0.2, 0.25) is 0 Å². The second kappa shape index (κ2) is 8.88. The van der Waals surface area contributed by atoms with Gasteiger partial charge in [0.15, 0.2) is 0 Å². The van der Waals surface area contributed by atoms with Crippen LogP contribution in [0, 0.1) is 0 Å². The molecule has 0 radical (unpaired) electrons. The van der Waals surface area contributed by atoms with E-state index in [1.807, 2.05) is 6.92 Å². The Bertz CT molecular complexity index is 71.6. The number of hydrogen-bond acceptors (Lipinski definition) is 2. The average molecular weight is 176 g/mol. The second-order valence-electron chi connectivity index (χ2n) is 1.11. The summed E-state index contributed by atoms with van der Waals surface area (Å²) in [5.41, 5.74) is 0. The molecule has 0 aromatic carbocycles. The van der Waals surface area contributed by atoms with Crippen molar-refractivity contribution < 1.29 is 57.5 Å². The van der Waals surface area contributed by atoms with Gasteiger partial charge < -0.3 is 6.16 Å². The van der Waals surface area contributed by atoms with Gasteiger partial charge in [-0.3, -0.25) is 0 Å². The summed E-state index contributed by atoms with van der Waals surface area (Å²) in [6.07, 6.45) is 0.987. The quantitative estimate of drug-likeness (QED) is 0.320. The first-order chi connectivity index (χ1) is 3.27. The second-order valence-corrected chi connectivity index (χ2v) is 2.19. The molecule has 0 aromatic rings. The summed E-state index contributed by atoms with van der Waals surface area (Å²) in [6, 6.07) is 0. The molecule has 0 atom stereocenters. The largest absolute Gasteiger partial charge is 1.00 e. The van der Waals surface area contributed by atoms with Gasteiger partial charge in [0.25, 0.3) is 0 Å². The van der Waals surface area contributed by atoms with Crippen molar-refractivity contribution in [3.8, 4) is 0 Å². The van der Waals surface area contributed by atoms with E-state index in [2.05, 4.69) is 24.8 Å². The average Bonchev–Trinajstić information content (AvgIpc) is 1.61. The predicted octanol–water partition coefficient (Wildman–Crippen LogP) is -1.26. The van der Waals surface area contributed by atoms with Gasteiger partial charge in [-0.15, -0.1) is 0 Å². The molecule has 0 aliphatic rings. The van der Waals surface area contributed by atoms with Gasteiger partial charge in [-0.1, -0.05) is 19.6 Å². The van der Waals surface area contributed by atoms with Gasteiger partial charge >= 0.3 is 51.4 Å². The fourth-order valence-corrected chi connectivity index (χ4v) is 0.364. The fourth-order valence-electron chi connectivity index (χ4n) is 0.189. The molecule has 0 unspecified atom stereocenters. The third kappa shape index (κ3) is 10.8. The maximum absolute atomic E-state index is 4.79. The molecule has 44 valence electrons. The first-order valence-electron chi connectivity index (χ1n) is 2.13. The van der Waals surface area contributed by atoms with E-state index in [4.69, 9.17) is 4.74 Å². The zero-order valence-electron chi connectivity index (χ0n) is 6.18. The van der Waals surface area contributed by atoms with Crippen molar-refractivity contribution in [1.29, 1.82) is 0 Å². The maximum atomic E-state index is 4.79. The minimum Gasteiger partial charge on any atom is -1.00 e. The normalized spacial score (nSPS) is 7.25. The number of thiol groups is 1. The van der Waals surface area contributed by atoms with E-state index in [-0.39, 0.29) is 52.8 Å². The van der Waals surface area contributed by atoms with Crippen LogP contribution in [0.25, 0.3) is 0 Å². The number of ether oxygens (including phenoxy) is 1. The standard InChI is InChI=1S/C4H8OS2.K.H/c1-2-3-5-4(6)7;;/h2-3H2,1H3,(H,6,7);;/q;+1;-1. The molecule has 0 amide bonds. The van der Waals surface area contributed by atoms with Gasteiger partial charge in [-0.25, -0.2) is 0 Å². The Labute approximate surface area is 105 Å². The fraction of sp³-hybridized carbons (Fsp3) is 0.750. The summed E-state index contributed by atoms with van der Waals surface area (Å²) in [4.78, 5) is 0. The first-order valence-corrected chi connectivity index (χ1v) is 2.98. The van der Waals surface area contributed by atoms with Crippen LogP contribution in [0.5, 0.6) is 0 Å². The molecular weight excluding hydrogens is 167 g/mol. The summed E-state index contributed by atoms with van der Waals surface area (Å²) in [5, 5.41) is 0. The SMILES string of the molecule is CCCOC(=S)S.[H-].[K+]. The van der Waals surface area contributed by atoms with Crippen molar-refractivity contribution in [2.75, 3.05) is 6.61 Å². The van der Waals surface area contributed by atoms with Crippen LogP contribution >= 0.6 is 24.8 Å². The zero-order chi connectivity index (χ0) is 5.70. The molecular formula is C4H9KOS2. The van der Waals surface area contributed by atoms with E-state index in [1.54, 1.807) is 0 Å². The molecule has 0 saturated carbocycles. The zero-order valence-corrected chi connectivity index (χ0v) is 10.0. The molecule has 0 aliphatic carbocycles. The number of thiocarbonyl (C=S) groups is 1. The predicted molar refractivity (Wildman–Crippen MR) is 38.9 cm³/mol. The summed E-state index contributed by atoms with van der Waals surface area (Å²) >= 11 is 8.24. The molecule has 0 bridgehead atoms. The molecule has 0 spiro atoms. The summed E-state index contributed by atoms with van der Waals surface area (Å²) in [7, 11) is 0. The Morgan fingerprint density at radius 3 is 2.50 bits per heavy atom. The number of rotatable bonds is 2. The van der Waals surface area contributed by atoms with Gasteiger partial charge in [0.2, 0.25) is 4.38 Å². The van der Waals surface area contributed by atoms with Crippen molar-refractivity contribution in [1.82, 2.24) is 0 Å². The Balaban J connectivity index is -0.000000180. The minimum absolute atomic E-state index is 0. The van der Waals surface area contributed by atoms with Gasteiger partial charge in [0.1, 0.15) is 0 Å². The monoisotopic (exact) mass is 176 g/mol. The third-order valence-electron chi connectivity index (χ3n) is 0.430. The smallest absolute Gasteiger partial charge is 1.00 e. The van der Waals surface area contributed by atoms with E-state index in [1.165, 1.54) is 0 Å². The molecule has 0 heterocycles. The Hall–Kier alpha value is 1.88. The topological polar surface area (TPSA) is 9.23 Å². The van der Waals surface area contributed by atoms with Crippen molar-refractivity contribution in [3.63, 3.8) is 0 Å². The van der Waals surface area contributed by atoms with Crippen LogP contribution in [-0.4, -0.2) is 11.0 Å². The molecule has 0 aromatic heterocycles. The van der Waals surface area contributed by atoms with E-state index in [0.29, 0.717) is 11.0 Å². The summed E-state index contributed by atoms with van der Waals surface area (Å²) < 4.78 is 5.12. The van der Waals surface area contributed by atoms with Crippen LogP contribution in [0.3, 0.4) is 0 Å². The van der Waals surface area contributed by atoms with Crippen LogP contribution in [-0.2, 0) is 4.74 Å². The molecule has 0 fully saturated rings. The minimum atomic E-state index is 0. The van der Waals surface area contributed by atoms with Crippen LogP contribution < -0.4 is 51.4 Å². The van der Waals surface area contributed by atoms with Gasteiger partial charge in [-0.2, -0.15) is 0 Å². The van der Waals surface area contributed by atoms with Crippen molar-refractivity contribution >= 4 is 29.2 Å². The molecule has 0 rings (SSSR count). The number of hydrogen-bond donors (Lipinski definition) is 1. The summed E-state index contributed by atoms with van der Waals surface area (Å²) in [5.74, 6) is 0. The first kappa shape index (κ1) is 12.5. The van der Waals surface area contributed by atoms with Gasteiger partial charge in [0.05, 0.1) is 6.61 Å². The van der Waals surface area contributed by atoms with Crippen LogP contribution in [0.15, 0.2) is 0 Å². The van der Waals surface area contributed by atoms with E-state index in [9.17, 15) is 0 Å². The molecule has 0 N–H and O–H groups in total. The molecule has 1 nitrogen and oxygen atoms in total. The van der Waals surface area contributed by atoms with Crippen LogP contribution in [0.4, 0.5) is 0 Å². The Kier molecular flexibility index (Phi) is 13.9. The third-order valence-corrected chi connectivity index (χ3v) is 0.677. The Morgan fingerprint density at radius 2 is 2.38 bits per heavy atom. The van der Waals surface area contributed by atoms with E-state index < -0.39 is 0 Å². The molecule has 0 saturated heterocycles. The molecule has 8 heavy (non-hydrogen) atoms. The van der Waals surface area contributed by atoms with Gasteiger partial charge in [0, 0.05) is 0 Å². The maximum Gasteiger partial charge on any atom is 1.00 e. The van der Waals surface area contributed by atoms with Crippen molar-refractivity contribution in [3.05, 3.63) is 0 Å². The van der Waals surface area contributed by atoms with E-state index in [0.717, 1.165) is 6.42 Å². The van der Waals surface area contributed by atoms with Crippen molar-refractivity contribution in [2.24, 2.45) is 0 Å². The summed E-state index contributed by atoms with van der Waals surface area (Å²) in [6.45, 7) is 2.70. The molecule has 4 heteroatoms. The van der Waals surface area contributed by atoms with Crippen molar-refractivity contribution in [2.45, 2.75) is 13.3 Å². The Morgan fingerprint density at radius 1 is 1.88 bits per heavy atom. The van der Waals surface area contributed by atoms with Crippen LogP contribution in [0.1, 0.15) is 14.8 Å². The van der Waals surface area contributed by atoms with Gasteiger partial charge in [-0.05, 0) is 18.6 Å². The molecule has 0 aliphatic heterocycles.